The zero-order chi connectivity index (χ0) is 17.7. The highest BCUT2D eigenvalue weighted by molar-refractivity contribution is 7.99. The number of anilines is 1. The molecule has 0 aliphatic rings. The first-order chi connectivity index (χ1) is 11.4. The van der Waals surface area contributed by atoms with Gasteiger partial charge in [-0.25, -0.2) is 4.79 Å². The summed E-state index contributed by atoms with van der Waals surface area (Å²) in [5.74, 6) is -0.416. The maximum atomic E-state index is 12.2. The van der Waals surface area contributed by atoms with Crippen LogP contribution in [0.2, 0.25) is 0 Å². The molecule has 0 saturated carbocycles. The molecule has 0 aliphatic heterocycles. The van der Waals surface area contributed by atoms with Gasteiger partial charge in [0.25, 0.3) is 0 Å². The summed E-state index contributed by atoms with van der Waals surface area (Å²) in [6.45, 7) is 5.91. The lowest BCUT2D eigenvalue weighted by atomic mass is 10.1. The van der Waals surface area contributed by atoms with Crippen molar-refractivity contribution < 1.29 is 14.3 Å². The number of amides is 1. The number of hydrogen-bond donors (Lipinski definition) is 1. The van der Waals surface area contributed by atoms with E-state index >= 15 is 0 Å². The smallest absolute Gasteiger partial charge is 0.337 e. The van der Waals surface area contributed by atoms with Crippen molar-refractivity contribution >= 4 is 29.3 Å². The number of nitrogens with one attached hydrogen (secondary N) is 1. The quantitative estimate of drug-likeness (QED) is 0.638. The van der Waals surface area contributed by atoms with Gasteiger partial charge < -0.3 is 14.6 Å². The molecule has 128 valence electrons. The summed E-state index contributed by atoms with van der Waals surface area (Å²) in [6.07, 6.45) is 1.65. The molecule has 1 aromatic carbocycles. The Labute approximate surface area is 144 Å². The van der Waals surface area contributed by atoms with Gasteiger partial charge in [0.2, 0.25) is 5.91 Å². The number of esters is 1. The molecule has 0 spiro atoms. The van der Waals surface area contributed by atoms with Crippen molar-refractivity contribution in [2.45, 2.75) is 32.0 Å². The van der Waals surface area contributed by atoms with E-state index in [-0.39, 0.29) is 17.7 Å². The van der Waals surface area contributed by atoms with E-state index in [1.807, 2.05) is 25.3 Å². The summed E-state index contributed by atoms with van der Waals surface area (Å²) in [6, 6.07) is 5.27. The van der Waals surface area contributed by atoms with Crippen LogP contribution in [0.3, 0.4) is 0 Å². The predicted molar refractivity (Wildman–Crippen MR) is 92.3 cm³/mol. The van der Waals surface area contributed by atoms with Crippen molar-refractivity contribution in [3.63, 3.8) is 0 Å². The highest BCUT2D eigenvalue weighted by atomic mass is 32.2. The second-order valence-electron chi connectivity index (χ2n) is 5.47. The fourth-order valence-electron chi connectivity index (χ4n) is 2.01. The molecule has 0 bridgehead atoms. The SMILES string of the molecule is COC(=O)c1ccc(C)c(NC(=O)CSc2nncn2C(C)C)c1. The van der Waals surface area contributed by atoms with Crippen LogP contribution in [0.25, 0.3) is 0 Å². The molecule has 2 aromatic rings. The topological polar surface area (TPSA) is 86.1 Å². The maximum Gasteiger partial charge on any atom is 0.337 e. The van der Waals surface area contributed by atoms with Gasteiger partial charge in [0.1, 0.15) is 6.33 Å². The van der Waals surface area contributed by atoms with Gasteiger partial charge in [-0.15, -0.1) is 10.2 Å². The zero-order valence-corrected chi connectivity index (χ0v) is 14.9. The second-order valence-corrected chi connectivity index (χ2v) is 6.42. The third-order valence-electron chi connectivity index (χ3n) is 3.36. The number of carbonyl (C=O) groups is 2. The molecule has 0 fully saturated rings. The highest BCUT2D eigenvalue weighted by Crippen LogP contribution is 2.21. The van der Waals surface area contributed by atoms with Crippen LogP contribution in [0.5, 0.6) is 0 Å². The number of nitrogens with zero attached hydrogens (tertiary/aromatic N) is 3. The van der Waals surface area contributed by atoms with Gasteiger partial charge in [-0.1, -0.05) is 17.8 Å². The van der Waals surface area contributed by atoms with Gasteiger partial charge in [-0.3, -0.25) is 4.79 Å². The largest absolute Gasteiger partial charge is 0.465 e. The van der Waals surface area contributed by atoms with Crippen LogP contribution in [-0.2, 0) is 9.53 Å². The second kappa shape index (κ2) is 7.96. The van der Waals surface area contributed by atoms with Crippen LogP contribution in [0.15, 0.2) is 29.7 Å². The van der Waals surface area contributed by atoms with Crippen LogP contribution in [0.1, 0.15) is 35.8 Å². The summed E-state index contributed by atoms with van der Waals surface area (Å²) in [7, 11) is 1.32. The molecule has 24 heavy (non-hydrogen) atoms. The standard InChI is InChI=1S/C16H20N4O3S/c1-10(2)20-9-17-19-16(20)24-8-14(21)18-13-7-12(15(22)23-4)6-5-11(13)3/h5-7,9-10H,8H2,1-4H3,(H,18,21). The van der Waals surface area contributed by atoms with Crippen LogP contribution >= 0.6 is 11.8 Å². The van der Waals surface area contributed by atoms with Crippen molar-refractivity contribution in [3.05, 3.63) is 35.7 Å². The summed E-state index contributed by atoms with van der Waals surface area (Å²) >= 11 is 1.32. The first-order valence-electron chi connectivity index (χ1n) is 7.43. The van der Waals surface area contributed by atoms with Gasteiger partial charge in [0.15, 0.2) is 5.16 Å². The van der Waals surface area contributed by atoms with Crippen molar-refractivity contribution in [2.75, 3.05) is 18.2 Å². The van der Waals surface area contributed by atoms with E-state index in [2.05, 4.69) is 15.5 Å². The molecule has 1 amide bonds. The van der Waals surface area contributed by atoms with E-state index < -0.39 is 5.97 Å². The number of methoxy groups -OCH3 is 1. The lowest BCUT2D eigenvalue weighted by molar-refractivity contribution is -0.113. The summed E-state index contributed by atoms with van der Waals surface area (Å²) in [4.78, 5) is 23.8. The fourth-order valence-corrected chi connectivity index (χ4v) is 2.85. The molecule has 1 heterocycles. The molecule has 0 aliphatic carbocycles. The number of rotatable bonds is 6. The number of hydrogen-bond acceptors (Lipinski definition) is 6. The van der Waals surface area contributed by atoms with Gasteiger partial charge in [-0.05, 0) is 38.5 Å². The number of carbonyl (C=O) groups excluding carboxylic acids is 2. The Morgan fingerprint density at radius 1 is 1.38 bits per heavy atom. The zero-order valence-electron chi connectivity index (χ0n) is 14.1. The third-order valence-corrected chi connectivity index (χ3v) is 4.32. The molecule has 0 radical (unpaired) electrons. The van der Waals surface area contributed by atoms with Gasteiger partial charge in [-0.2, -0.15) is 0 Å². The Balaban J connectivity index is 2.02. The highest BCUT2D eigenvalue weighted by Gasteiger charge is 2.13. The molecule has 1 N–H and O–H groups in total. The molecule has 0 unspecified atom stereocenters. The molecule has 8 heteroatoms. The average Bonchev–Trinajstić information content (AvgIpc) is 3.03. The molecule has 2 rings (SSSR count). The number of ether oxygens (including phenoxy) is 1. The Morgan fingerprint density at radius 3 is 2.79 bits per heavy atom. The van der Waals surface area contributed by atoms with Crippen molar-refractivity contribution in [1.82, 2.24) is 14.8 Å². The molecule has 1 aromatic heterocycles. The normalized spacial score (nSPS) is 10.7. The Hall–Kier alpha value is -2.35. The lowest BCUT2D eigenvalue weighted by Gasteiger charge is -2.11. The Morgan fingerprint density at radius 2 is 2.12 bits per heavy atom. The maximum absolute atomic E-state index is 12.2. The van der Waals surface area contributed by atoms with Crippen LogP contribution in [0.4, 0.5) is 5.69 Å². The monoisotopic (exact) mass is 348 g/mol. The van der Waals surface area contributed by atoms with Crippen molar-refractivity contribution in [3.8, 4) is 0 Å². The Bertz CT molecular complexity index is 743. The third kappa shape index (κ3) is 4.35. The first kappa shape index (κ1) is 18.0. The fraction of sp³-hybridized carbons (Fsp3) is 0.375. The number of aryl methyl sites for hydroxylation is 1. The van der Waals surface area contributed by atoms with E-state index in [9.17, 15) is 9.59 Å². The van der Waals surface area contributed by atoms with Crippen LogP contribution in [-0.4, -0.2) is 39.5 Å². The van der Waals surface area contributed by atoms with E-state index in [0.717, 1.165) is 5.56 Å². The van der Waals surface area contributed by atoms with Crippen molar-refractivity contribution in [2.24, 2.45) is 0 Å². The number of benzene rings is 1. The van der Waals surface area contributed by atoms with E-state index in [4.69, 9.17) is 4.74 Å². The Kier molecular flexibility index (Phi) is 5.97. The minimum atomic E-state index is -0.440. The van der Waals surface area contributed by atoms with Crippen molar-refractivity contribution in [1.29, 1.82) is 0 Å². The lowest BCUT2D eigenvalue weighted by Crippen LogP contribution is -2.16. The summed E-state index contributed by atoms with van der Waals surface area (Å²) < 4.78 is 6.60. The van der Waals surface area contributed by atoms with Gasteiger partial charge in [0, 0.05) is 11.7 Å². The predicted octanol–water partition coefficient (Wildman–Crippen LogP) is 2.68. The molecule has 0 atom stereocenters. The molecule has 7 nitrogen and oxygen atoms in total. The summed E-state index contributed by atoms with van der Waals surface area (Å²) in [5.41, 5.74) is 1.85. The number of aromatic nitrogens is 3. The number of thioether (sulfide) groups is 1. The summed E-state index contributed by atoms with van der Waals surface area (Å²) in [5, 5.41) is 11.4. The van der Waals surface area contributed by atoms with Crippen LogP contribution < -0.4 is 5.32 Å². The molecular formula is C16H20N4O3S. The minimum absolute atomic E-state index is 0.177. The molecule has 0 saturated heterocycles. The van der Waals surface area contributed by atoms with E-state index in [1.54, 1.807) is 24.5 Å². The first-order valence-corrected chi connectivity index (χ1v) is 8.42. The minimum Gasteiger partial charge on any atom is -0.465 e. The average molecular weight is 348 g/mol. The van der Waals surface area contributed by atoms with E-state index in [0.29, 0.717) is 16.4 Å². The van der Waals surface area contributed by atoms with Gasteiger partial charge >= 0.3 is 5.97 Å². The van der Waals surface area contributed by atoms with Crippen LogP contribution in [0, 0.1) is 6.92 Å². The van der Waals surface area contributed by atoms with Gasteiger partial charge in [0.05, 0.1) is 18.4 Å². The van der Waals surface area contributed by atoms with E-state index in [1.165, 1.54) is 18.9 Å². The molecular weight excluding hydrogens is 328 g/mol.